The Kier molecular flexibility index (Phi) is 36.4. The number of esters is 1. The number of carbonyl (C=O) groups excluding carboxylic acids is 2. The molecule has 0 bridgehead atoms. The number of aliphatic hydroxyl groups excluding tert-OH is 1. The Morgan fingerprint density at radius 3 is 1.66 bits per heavy atom. The molecule has 0 fully saturated rings. The van der Waals surface area contributed by atoms with Crippen LogP contribution in [0, 0.1) is 0 Å². The monoisotopic (exact) mass is 759 g/mol. The van der Waals surface area contributed by atoms with E-state index in [-0.39, 0.29) is 32.1 Å². The molecule has 53 heavy (non-hydrogen) atoms. The number of hydrogen-bond acceptors (Lipinski definition) is 7. The first-order valence-corrected chi connectivity index (χ1v) is 21.2. The van der Waals surface area contributed by atoms with Crippen LogP contribution in [-0.4, -0.2) is 54.3 Å². The Bertz CT molecular complexity index is 1180. The van der Waals surface area contributed by atoms with E-state index < -0.39 is 26.5 Å². The molecule has 2 atom stereocenters. The van der Waals surface area contributed by atoms with Crippen LogP contribution in [0.5, 0.6) is 0 Å². The number of ether oxygens (including phenoxy) is 1. The van der Waals surface area contributed by atoms with Crippen molar-refractivity contribution < 1.29 is 37.9 Å². The van der Waals surface area contributed by atoms with Crippen LogP contribution in [0.25, 0.3) is 0 Å². The Labute approximate surface area is 321 Å². The Morgan fingerprint density at radius 2 is 1.09 bits per heavy atom. The fourth-order valence-electron chi connectivity index (χ4n) is 4.56. The largest absolute Gasteiger partial charge is 0.472 e. The van der Waals surface area contributed by atoms with Gasteiger partial charge in [-0.2, -0.15) is 0 Å². The molecule has 0 aliphatic rings. The molecule has 0 saturated carbocycles. The molecular formula is C43H70NO8P. The number of amides is 1. The fraction of sp³-hybridized carbons (Fsp3) is 0.581. The molecule has 0 aromatic heterocycles. The highest BCUT2D eigenvalue weighted by Gasteiger charge is 2.23. The van der Waals surface area contributed by atoms with Crippen molar-refractivity contribution in [1.29, 1.82) is 0 Å². The lowest BCUT2D eigenvalue weighted by molar-refractivity contribution is -0.147. The van der Waals surface area contributed by atoms with Crippen LogP contribution in [0.4, 0.5) is 0 Å². The summed E-state index contributed by atoms with van der Waals surface area (Å²) >= 11 is 0. The fourth-order valence-corrected chi connectivity index (χ4v) is 5.32. The van der Waals surface area contributed by atoms with Gasteiger partial charge < -0.3 is 20.1 Å². The van der Waals surface area contributed by atoms with Crippen molar-refractivity contribution in [2.24, 2.45) is 0 Å². The summed E-state index contributed by atoms with van der Waals surface area (Å²) in [4.78, 5) is 33.8. The van der Waals surface area contributed by atoms with Gasteiger partial charge in [-0.1, -0.05) is 137 Å². The molecule has 0 aliphatic heterocycles. The quantitative estimate of drug-likeness (QED) is 0.0252. The number of rotatable bonds is 35. The summed E-state index contributed by atoms with van der Waals surface area (Å²) in [6.07, 6.45) is 49.2. The molecule has 2 unspecified atom stereocenters. The lowest BCUT2D eigenvalue weighted by Gasteiger charge is -2.15. The number of phosphoric acid groups is 1. The summed E-state index contributed by atoms with van der Waals surface area (Å²) in [5.74, 6) is -0.628. The number of phosphoric ester groups is 1. The lowest BCUT2D eigenvalue weighted by atomic mass is 10.1. The second-order valence-corrected chi connectivity index (χ2v) is 14.0. The highest BCUT2D eigenvalue weighted by atomic mass is 31.2. The van der Waals surface area contributed by atoms with Crippen LogP contribution in [0.1, 0.15) is 129 Å². The minimum atomic E-state index is -4.44. The van der Waals surface area contributed by atoms with E-state index in [4.69, 9.17) is 13.8 Å². The summed E-state index contributed by atoms with van der Waals surface area (Å²) < 4.78 is 26.7. The zero-order chi connectivity index (χ0) is 38.9. The Morgan fingerprint density at radius 1 is 0.604 bits per heavy atom. The van der Waals surface area contributed by atoms with Gasteiger partial charge in [0.05, 0.1) is 13.2 Å². The summed E-state index contributed by atoms with van der Waals surface area (Å²) in [5.41, 5.74) is 0. The normalized spacial score (nSPS) is 14.4. The average molecular weight is 760 g/mol. The third-order valence-corrected chi connectivity index (χ3v) is 8.48. The van der Waals surface area contributed by atoms with Crippen molar-refractivity contribution in [2.75, 3.05) is 26.4 Å². The lowest BCUT2D eigenvalue weighted by Crippen LogP contribution is -2.27. The van der Waals surface area contributed by atoms with E-state index in [1.54, 1.807) is 0 Å². The summed E-state index contributed by atoms with van der Waals surface area (Å²) in [6, 6.07) is 0. The van der Waals surface area contributed by atoms with Crippen molar-refractivity contribution in [3.63, 3.8) is 0 Å². The van der Waals surface area contributed by atoms with Crippen molar-refractivity contribution in [3.05, 3.63) is 97.2 Å². The Balaban J connectivity index is 3.78. The Hall–Kier alpha value is -3.07. The van der Waals surface area contributed by atoms with Crippen LogP contribution >= 0.6 is 7.82 Å². The number of carbonyl (C=O) groups is 2. The van der Waals surface area contributed by atoms with Gasteiger partial charge in [0.25, 0.3) is 0 Å². The van der Waals surface area contributed by atoms with Crippen molar-refractivity contribution in [2.45, 2.75) is 136 Å². The zero-order valence-electron chi connectivity index (χ0n) is 32.7. The minimum Gasteiger partial charge on any atom is -0.463 e. The van der Waals surface area contributed by atoms with Gasteiger partial charge in [0.2, 0.25) is 5.91 Å². The van der Waals surface area contributed by atoms with E-state index in [2.05, 4.69) is 104 Å². The van der Waals surface area contributed by atoms with Crippen LogP contribution in [-0.2, 0) is 27.9 Å². The molecule has 0 aliphatic carbocycles. The van der Waals surface area contributed by atoms with Gasteiger partial charge >= 0.3 is 13.8 Å². The van der Waals surface area contributed by atoms with Crippen LogP contribution in [0.2, 0.25) is 0 Å². The molecule has 0 radical (unpaired) electrons. The molecule has 0 saturated heterocycles. The van der Waals surface area contributed by atoms with Crippen LogP contribution in [0.3, 0.4) is 0 Å². The van der Waals surface area contributed by atoms with Crippen molar-refractivity contribution in [3.8, 4) is 0 Å². The van der Waals surface area contributed by atoms with Crippen LogP contribution in [0.15, 0.2) is 97.2 Å². The third-order valence-electron chi connectivity index (χ3n) is 7.49. The van der Waals surface area contributed by atoms with E-state index in [1.165, 1.54) is 6.42 Å². The molecule has 300 valence electrons. The number of aliphatic hydroxyl groups is 1. The first kappa shape index (κ1) is 49.9. The first-order chi connectivity index (χ1) is 25.8. The predicted octanol–water partition coefficient (Wildman–Crippen LogP) is 10.7. The van der Waals surface area contributed by atoms with E-state index in [9.17, 15) is 24.2 Å². The highest BCUT2D eigenvalue weighted by molar-refractivity contribution is 7.47. The number of nitrogens with one attached hydrogen (secondary N) is 1. The van der Waals surface area contributed by atoms with Gasteiger partial charge in [-0.05, 0) is 77.0 Å². The predicted molar refractivity (Wildman–Crippen MR) is 219 cm³/mol. The summed E-state index contributed by atoms with van der Waals surface area (Å²) in [6.45, 7) is 3.23. The molecule has 0 heterocycles. The highest BCUT2D eigenvalue weighted by Crippen LogP contribution is 2.42. The van der Waals surface area contributed by atoms with Gasteiger partial charge in [0.15, 0.2) is 0 Å². The molecule has 1 amide bonds. The van der Waals surface area contributed by atoms with Gasteiger partial charge in [-0.15, -0.1) is 0 Å². The average Bonchev–Trinajstić information content (AvgIpc) is 3.14. The SMILES string of the molecule is CC/C=C\C/C=C\C/C=C\C/C=C\C/C=C\C/C=C\CCC(=O)OCC(O)COP(=O)(O)OCCNC(=O)CCCCCCC/C=C\C/C=C\CCC. The van der Waals surface area contributed by atoms with Crippen molar-refractivity contribution in [1.82, 2.24) is 5.32 Å². The molecule has 0 spiro atoms. The topological polar surface area (TPSA) is 131 Å². The molecule has 0 rings (SSSR count). The summed E-state index contributed by atoms with van der Waals surface area (Å²) in [5, 5.41) is 12.6. The number of unbranched alkanes of at least 4 members (excludes halogenated alkanes) is 6. The second-order valence-electron chi connectivity index (χ2n) is 12.5. The minimum absolute atomic E-state index is 0.0592. The molecule has 9 nitrogen and oxygen atoms in total. The van der Waals surface area contributed by atoms with Gasteiger partial charge in [-0.25, -0.2) is 4.57 Å². The second kappa shape index (κ2) is 38.6. The maximum absolute atomic E-state index is 12.1. The van der Waals surface area contributed by atoms with Crippen molar-refractivity contribution >= 4 is 19.7 Å². The smallest absolute Gasteiger partial charge is 0.463 e. The molecule has 3 N–H and O–H groups in total. The van der Waals surface area contributed by atoms with Crippen LogP contribution < -0.4 is 5.32 Å². The molecule has 0 aromatic carbocycles. The van der Waals surface area contributed by atoms with Gasteiger partial charge in [0.1, 0.15) is 12.7 Å². The maximum Gasteiger partial charge on any atom is 0.472 e. The third kappa shape index (κ3) is 40.0. The molecule has 10 heteroatoms. The standard InChI is InChI=1S/C43H70NO8P/c1-3-5-7-9-11-13-15-17-18-19-20-21-22-24-26-28-30-32-34-36-43(47)50-39-41(45)40-52-53(48,49)51-38-37-44-42(46)35-33-31-29-27-25-23-16-14-12-10-8-6-4-2/h5,7-8,10-11,13-14,16-18,20-21,24,26,30,32,41,45H,3-4,6,9,12,15,19,22-23,25,27-29,31,33-40H2,1-2H3,(H,44,46)(H,48,49)/b7-5-,10-8-,13-11-,16-14-,18-17-,21-20-,26-24-,32-30-. The molecular weight excluding hydrogens is 689 g/mol. The summed E-state index contributed by atoms with van der Waals surface area (Å²) in [7, 11) is -4.44. The zero-order valence-corrected chi connectivity index (χ0v) is 33.6. The molecule has 0 aromatic rings. The van der Waals surface area contributed by atoms with E-state index >= 15 is 0 Å². The van der Waals surface area contributed by atoms with E-state index in [0.29, 0.717) is 12.8 Å². The van der Waals surface area contributed by atoms with E-state index in [1.807, 2.05) is 12.2 Å². The van der Waals surface area contributed by atoms with Gasteiger partial charge in [-0.3, -0.25) is 18.6 Å². The van der Waals surface area contributed by atoms with E-state index in [0.717, 1.165) is 89.9 Å². The van der Waals surface area contributed by atoms with Gasteiger partial charge in [0, 0.05) is 19.4 Å². The maximum atomic E-state index is 12.1. The number of allylic oxidation sites excluding steroid dienone is 16. The number of hydrogen-bond donors (Lipinski definition) is 3. The first-order valence-electron chi connectivity index (χ1n) is 19.7.